The average Bonchev–Trinajstić information content (AvgIpc) is 3.42. The van der Waals surface area contributed by atoms with Crippen molar-refractivity contribution in [1.29, 1.82) is 0 Å². The Hall–Kier alpha value is -3.09. The Labute approximate surface area is 174 Å². The van der Waals surface area contributed by atoms with Crippen molar-refractivity contribution in [2.75, 3.05) is 13.4 Å². The Morgan fingerprint density at radius 1 is 1.10 bits per heavy atom. The van der Waals surface area contributed by atoms with Gasteiger partial charge in [-0.1, -0.05) is 31.0 Å². The highest BCUT2D eigenvalue weighted by Gasteiger charge is 2.44. The van der Waals surface area contributed by atoms with Gasteiger partial charge in [-0.3, -0.25) is 9.59 Å². The fraction of sp³-hybridized carbons (Fsp3) is 0.391. The number of ether oxygens (including phenoxy) is 3. The maximum atomic E-state index is 13.3. The van der Waals surface area contributed by atoms with Crippen LogP contribution < -0.4 is 14.8 Å². The summed E-state index contributed by atoms with van der Waals surface area (Å²) in [5.41, 5.74) is 0.787. The summed E-state index contributed by atoms with van der Waals surface area (Å²) < 4.78 is 29.4. The van der Waals surface area contributed by atoms with Crippen LogP contribution in [0.4, 0.5) is 4.39 Å². The fourth-order valence-electron chi connectivity index (χ4n) is 4.18. The smallest absolute Gasteiger partial charge is 0.317 e. The number of nitrogens with one attached hydrogen (secondary N) is 1. The number of halogens is 1. The van der Waals surface area contributed by atoms with E-state index in [0.29, 0.717) is 24.3 Å². The van der Waals surface area contributed by atoms with E-state index in [1.807, 2.05) is 19.1 Å². The van der Waals surface area contributed by atoms with Gasteiger partial charge in [0, 0.05) is 0 Å². The zero-order chi connectivity index (χ0) is 21.1. The minimum Gasteiger partial charge on any atom is -0.455 e. The van der Waals surface area contributed by atoms with Crippen LogP contribution in [0.5, 0.6) is 11.5 Å². The summed E-state index contributed by atoms with van der Waals surface area (Å²) in [6.45, 7) is 1.66. The molecule has 2 aromatic carbocycles. The number of hydrogen-bond donors (Lipinski definition) is 1. The summed E-state index contributed by atoms with van der Waals surface area (Å²) in [4.78, 5) is 25.3. The number of esters is 1. The van der Waals surface area contributed by atoms with Gasteiger partial charge in [-0.05, 0) is 55.2 Å². The maximum absolute atomic E-state index is 13.3. The van der Waals surface area contributed by atoms with Crippen LogP contribution in [0, 0.1) is 5.82 Å². The molecule has 1 atom stereocenters. The minimum atomic E-state index is -0.809. The van der Waals surface area contributed by atoms with E-state index in [2.05, 4.69) is 5.32 Å². The molecule has 0 aromatic heterocycles. The second kappa shape index (κ2) is 8.34. The summed E-state index contributed by atoms with van der Waals surface area (Å²) in [5, 5.41) is 2.83. The lowest BCUT2D eigenvalue weighted by atomic mass is 9.79. The van der Waals surface area contributed by atoms with E-state index < -0.39 is 11.4 Å². The Balaban J connectivity index is 1.36. The second-order valence-corrected chi connectivity index (χ2v) is 7.77. The van der Waals surface area contributed by atoms with E-state index in [0.717, 1.165) is 24.0 Å². The lowest BCUT2D eigenvalue weighted by molar-refractivity contribution is -0.154. The van der Waals surface area contributed by atoms with Crippen molar-refractivity contribution in [3.63, 3.8) is 0 Å². The van der Waals surface area contributed by atoms with Crippen LogP contribution in [0.15, 0.2) is 42.5 Å². The molecule has 1 heterocycles. The van der Waals surface area contributed by atoms with Crippen LogP contribution >= 0.6 is 0 Å². The molecule has 4 rings (SSSR count). The molecular weight excluding hydrogens is 389 g/mol. The molecule has 1 amide bonds. The molecule has 0 saturated heterocycles. The fourth-order valence-corrected chi connectivity index (χ4v) is 4.18. The number of hydrogen-bond acceptors (Lipinski definition) is 5. The Morgan fingerprint density at radius 2 is 1.80 bits per heavy atom. The van der Waals surface area contributed by atoms with Gasteiger partial charge in [-0.15, -0.1) is 0 Å². The van der Waals surface area contributed by atoms with Gasteiger partial charge in [0.2, 0.25) is 6.79 Å². The van der Waals surface area contributed by atoms with Gasteiger partial charge in [0.1, 0.15) is 5.82 Å². The number of benzene rings is 2. The molecule has 2 aromatic rings. The zero-order valence-corrected chi connectivity index (χ0v) is 16.8. The van der Waals surface area contributed by atoms with Crippen LogP contribution in [-0.4, -0.2) is 25.3 Å². The number of amides is 1. The molecule has 1 N–H and O–H groups in total. The molecule has 1 fully saturated rings. The van der Waals surface area contributed by atoms with Gasteiger partial charge in [0.25, 0.3) is 5.91 Å². The van der Waals surface area contributed by atoms with Gasteiger partial charge in [0.05, 0.1) is 11.5 Å². The molecule has 0 radical (unpaired) electrons. The molecule has 1 aliphatic heterocycles. The van der Waals surface area contributed by atoms with Gasteiger partial charge in [-0.2, -0.15) is 0 Å². The SMILES string of the molecule is C[C@@H](NC(=O)COC(=O)C1(c2ccc(F)cc2)CCCC1)c1ccc2c(c1)OCO2. The van der Waals surface area contributed by atoms with Gasteiger partial charge in [0.15, 0.2) is 18.1 Å². The minimum absolute atomic E-state index is 0.186. The Bertz CT molecular complexity index is 937. The lowest BCUT2D eigenvalue weighted by Gasteiger charge is -2.27. The van der Waals surface area contributed by atoms with Gasteiger partial charge < -0.3 is 19.5 Å². The molecule has 158 valence electrons. The van der Waals surface area contributed by atoms with Crippen molar-refractivity contribution in [3.8, 4) is 11.5 Å². The zero-order valence-electron chi connectivity index (χ0n) is 16.8. The predicted molar refractivity (Wildman–Crippen MR) is 107 cm³/mol. The van der Waals surface area contributed by atoms with E-state index in [-0.39, 0.29) is 31.2 Å². The first-order chi connectivity index (χ1) is 14.5. The third-order valence-corrected chi connectivity index (χ3v) is 5.85. The molecule has 0 spiro atoms. The normalized spacial score (nSPS) is 17.4. The molecule has 0 bridgehead atoms. The number of carbonyl (C=O) groups is 2. The monoisotopic (exact) mass is 413 g/mol. The molecule has 2 aliphatic rings. The maximum Gasteiger partial charge on any atom is 0.317 e. The van der Waals surface area contributed by atoms with E-state index in [1.165, 1.54) is 12.1 Å². The highest BCUT2D eigenvalue weighted by molar-refractivity contribution is 5.86. The highest BCUT2D eigenvalue weighted by atomic mass is 19.1. The lowest BCUT2D eigenvalue weighted by Crippen LogP contribution is -2.38. The van der Waals surface area contributed by atoms with Crippen LogP contribution in [0.25, 0.3) is 0 Å². The van der Waals surface area contributed by atoms with Crippen molar-refractivity contribution in [3.05, 3.63) is 59.4 Å². The van der Waals surface area contributed by atoms with E-state index >= 15 is 0 Å². The summed E-state index contributed by atoms with van der Waals surface area (Å²) in [5.74, 6) is 0.145. The molecule has 6 nitrogen and oxygen atoms in total. The third-order valence-electron chi connectivity index (χ3n) is 5.85. The van der Waals surface area contributed by atoms with Crippen molar-refractivity contribution < 1.29 is 28.2 Å². The first-order valence-corrected chi connectivity index (χ1v) is 10.1. The molecule has 30 heavy (non-hydrogen) atoms. The summed E-state index contributed by atoms with van der Waals surface area (Å²) in [6.07, 6.45) is 3.04. The Morgan fingerprint density at radius 3 is 2.53 bits per heavy atom. The standard InChI is InChI=1S/C23H24FNO5/c1-15(16-4-9-19-20(12-16)30-14-29-19)25-21(26)13-28-22(27)23(10-2-3-11-23)17-5-7-18(24)8-6-17/h4-9,12,15H,2-3,10-11,13-14H2,1H3,(H,25,26)/t15-/m1/s1. The molecule has 1 saturated carbocycles. The van der Waals surface area contributed by atoms with Crippen LogP contribution in [0.3, 0.4) is 0 Å². The highest BCUT2D eigenvalue weighted by Crippen LogP contribution is 2.42. The van der Waals surface area contributed by atoms with E-state index in [1.54, 1.807) is 18.2 Å². The first-order valence-electron chi connectivity index (χ1n) is 10.1. The van der Waals surface area contributed by atoms with Crippen LogP contribution in [0.1, 0.15) is 49.8 Å². The van der Waals surface area contributed by atoms with Crippen molar-refractivity contribution in [2.45, 2.75) is 44.1 Å². The summed E-state index contributed by atoms with van der Waals surface area (Å²) in [7, 11) is 0. The quantitative estimate of drug-likeness (QED) is 0.730. The summed E-state index contributed by atoms with van der Waals surface area (Å²) in [6, 6.07) is 11.1. The number of rotatable bonds is 6. The largest absolute Gasteiger partial charge is 0.455 e. The third kappa shape index (κ3) is 3.97. The number of carbonyl (C=O) groups excluding carboxylic acids is 2. The topological polar surface area (TPSA) is 73.9 Å². The second-order valence-electron chi connectivity index (χ2n) is 7.77. The van der Waals surface area contributed by atoms with Crippen molar-refractivity contribution in [2.24, 2.45) is 0 Å². The van der Waals surface area contributed by atoms with Gasteiger partial charge >= 0.3 is 5.97 Å². The number of fused-ring (bicyclic) bond motifs is 1. The molecule has 1 aliphatic carbocycles. The van der Waals surface area contributed by atoms with Gasteiger partial charge in [-0.25, -0.2) is 4.39 Å². The summed E-state index contributed by atoms with van der Waals surface area (Å²) >= 11 is 0. The van der Waals surface area contributed by atoms with Crippen molar-refractivity contribution >= 4 is 11.9 Å². The Kier molecular flexibility index (Phi) is 5.61. The van der Waals surface area contributed by atoms with Crippen molar-refractivity contribution in [1.82, 2.24) is 5.32 Å². The predicted octanol–water partition coefficient (Wildman–Crippen LogP) is 3.79. The molecule has 7 heteroatoms. The average molecular weight is 413 g/mol. The van der Waals surface area contributed by atoms with E-state index in [4.69, 9.17) is 14.2 Å². The van der Waals surface area contributed by atoms with E-state index in [9.17, 15) is 14.0 Å². The first kappa shape index (κ1) is 20.2. The van der Waals surface area contributed by atoms with Crippen LogP contribution in [0.2, 0.25) is 0 Å². The van der Waals surface area contributed by atoms with Crippen LogP contribution in [-0.2, 0) is 19.7 Å². The molecular formula is C23H24FNO5. The molecule has 0 unspecified atom stereocenters.